The van der Waals surface area contributed by atoms with Gasteiger partial charge in [0.1, 0.15) is 11.6 Å². The molecule has 1 saturated carbocycles. The number of nitrogens with one attached hydrogen (secondary N) is 2. The van der Waals surface area contributed by atoms with Crippen molar-refractivity contribution in [3.8, 4) is 5.75 Å². The molecule has 0 bridgehead atoms. The number of rotatable bonds is 5. The molecule has 7 heteroatoms. The number of aliphatic carboxylic acids is 1. The minimum Gasteiger partial charge on any atom is -0.495 e. The van der Waals surface area contributed by atoms with Gasteiger partial charge < -0.3 is 15.2 Å². The molecule has 0 atom stereocenters. The number of aromatic nitrogens is 1. The molecule has 1 aliphatic rings. The van der Waals surface area contributed by atoms with E-state index in [1.807, 2.05) is 25.1 Å². The maximum absolute atomic E-state index is 12.3. The molecule has 28 heavy (non-hydrogen) atoms. The molecule has 0 radical (unpaired) electrons. The van der Waals surface area contributed by atoms with Crippen LogP contribution < -0.4 is 15.4 Å². The van der Waals surface area contributed by atoms with Gasteiger partial charge in [-0.2, -0.15) is 0 Å². The highest BCUT2D eigenvalue weighted by Crippen LogP contribution is 2.35. The van der Waals surface area contributed by atoms with Crippen molar-refractivity contribution in [3.63, 3.8) is 0 Å². The molecule has 148 valence electrons. The Kier molecular flexibility index (Phi) is 6.13. The van der Waals surface area contributed by atoms with E-state index in [0.29, 0.717) is 36.0 Å². The number of nitrogens with zero attached hydrogens (tertiary/aromatic N) is 1. The lowest BCUT2D eigenvalue weighted by Crippen LogP contribution is -2.21. The summed E-state index contributed by atoms with van der Waals surface area (Å²) in [6.07, 6.45) is 4.84. The molecule has 0 aliphatic heterocycles. The van der Waals surface area contributed by atoms with Crippen molar-refractivity contribution in [2.45, 2.75) is 38.5 Å². The number of benzene rings is 1. The first-order valence-corrected chi connectivity index (χ1v) is 9.37. The summed E-state index contributed by atoms with van der Waals surface area (Å²) in [5, 5.41) is 14.6. The van der Waals surface area contributed by atoms with E-state index in [1.54, 1.807) is 25.4 Å². The van der Waals surface area contributed by atoms with E-state index in [4.69, 9.17) is 9.84 Å². The molecule has 7 nitrogen and oxygen atoms in total. The predicted octanol–water partition coefficient (Wildman–Crippen LogP) is 4.40. The number of carboxylic acids is 1. The second-order valence-electron chi connectivity index (χ2n) is 7.15. The summed E-state index contributed by atoms with van der Waals surface area (Å²) in [4.78, 5) is 27.7. The number of hydrogen-bond acceptors (Lipinski definition) is 4. The standard InChI is InChI=1S/C21H25N3O4/c1-13-3-9-18(28-2)17(11-13)23-21(27)24-19-10-8-16(12-22-19)14-4-6-15(7-5-14)20(25)26/h3,8-12,14-15H,4-7H2,1-2H3,(H,25,26)(H2,22,23,24,27)/t14-,15-. The molecule has 1 heterocycles. The van der Waals surface area contributed by atoms with Crippen LogP contribution >= 0.6 is 0 Å². The average Bonchev–Trinajstić information content (AvgIpc) is 2.69. The lowest BCUT2D eigenvalue weighted by Gasteiger charge is -2.26. The van der Waals surface area contributed by atoms with Crippen LogP contribution in [0.1, 0.15) is 42.7 Å². The van der Waals surface area contributed by atoms with Crippen molar-refractivity contribution in [2.24, 2.45) is 5.92 Å². The Hall–Kier alpha value is -3.09. The van der Waals surface area contributed by atoms with Crippen LogP contribution in [0.15, 0.2) is 36.5 Å². The Morgan fingerprint density at radius 3 is 2.46 bits per heavy atom. The molecule has 1 fully saturated rings. The van der Waals surface area contributed by atoms with Crippen molar-refractivity contribution in [3.05, 3.63) is 47.7 Å². The number of carbonyl (C=O) groups is 2. The lowest BCUT2D eigenvalue weighted by atomic mass is 9.79. The van der Waals surface area contributed by atoms with E-state index in [2.05, 4.69) is 15.6 Å². The molecule has 3 N–H and O–H groups in total. The zero-order valence-corrected chi connectivity index (χ0v) is 16.1. The largest absolute Gasteiger partial charge is 0.495 e. The fraction of sp³-hybridized carbons (Fsp3) is 0.381. The molecule has 0 unspecified atom stereocenters. The molecule has 1 aliphatic carbocycles. The first-order valence-electron chi connectivity index (χ1n) is 9.37. The molecule has 2 aromatic rings. The maximum atomic E-state index is 12.3. The number of carboxylic acid groups (broad SMARTS) is 1. The van der Waals surface area contributed by atoms with Gasteiger partial charge in [0.2, 0.25) is 0 Å². The number of carbonyl (C=O) groups excluding carboxylic acids is 1. The summed E-state index contributed by atoms with van der Waals surface area (Å²) in [5.41, 5.74) is 2.68. The summed E-state index contributed by atoms with van der Waals surface area (Å²) < 4.78 is 5.26. The summed E-state index contributed by atoms with van der Waals surface area (Å²) in [5.74, 6) is 0.426. The second-order valence-corrected chi connectivity index (χ2v) is 7.15. The molecule has 0 spiro atoms. The maximum Gasteiger partial charge on any atom is 0.324 e. The predicted molar refractivity (Wildman–Crippen MR) is 107 cm³/mol. The first-order chi connectivity index (χ1) is 13.5. The van der Waals surface area contributed by atoms with Gasteiger partial charge in [-0.3, -0.25) is 10.1 Å². The monoisotopic (exact) mass is 383 g/mol. The van der Waals surface area contributed by atoms with Gasteiger partial charge in [-0.15, -0.1) is 0 Å². The van der Waals surface area contributed by atoms with E-state index in [9.17, 15) is 9.59 Å². The minimum atomic E-state index is -0.702. The van der Waals surface area contributed by atoms with Crippen molar-refractivity contribution in [1.29, 1.82) is 0 Å². The fourth-order valence-electron chi connectivity index (χ4n) is 3.58. The fourth-order valence-corrected chi connectivity index (χ4v) is 3.58. The van der Waals surface area contributed by atoms with Crippen molar-refractivity contribution < 1.29 is 19.4 Å². The SMILES string of the molecule is COc1ccc(C)cc1NC(=O)Nc1ccc([C@H]2CC[C@H](C(=O)O)CC2)cn1. The van der Waals surface area contributed by atoms with Crippen LogP contribution in [0.3, 0.4) is 0 Å². The van der Waals surface area contributed by atoms with Gasteiger partial charge in [0, 0.05) is 6.20 Å². The number of amides is 2. The summed E-state index contributed by atoms with van der Waals surface area (Å²) in [7, 11) is 1.55. The Labute approximate surface area is 164 Å². The van der Waals surface area contributed by atoms with E-state index >= 15 is 0 Å². The summed E-state index contributed by atoms with van der Waals surface area (Å²) in [6.45, 7) is 1.94. The highest BCUT2D eigenvalue weighted by Gasteiger charge is 2.26. The molecule has 1 aromatic heterocycles. The van der Waals surface area contributed by atoms with Gasteiger partial charge in [0.25, 0.3) is 0 Å². The zero-order valence-electron chi connectivity index (χ0n) is 16.1. The van der Waals surface area contributed by atoms with E-state index in [1.165, 1.54) is 0 Å². The van der Waals surface area contributed by atoms with Gasteiger partial charge in [-0.25, -0.2) is 9.78 Å². The van der Waals surface area contributed by atoms with Gasteiger partial charge in [-0.1, -0.05) is 12.1 Å². The van der Waals surface area contributed by atoms with Crippen LogP contribution in [-0.2, 0) is 4.79 Å². The molecule has 3 rings (SSSR count). The number of aryl methyl sites for hydroxylation is 1. The number of pyridine rings is 1. The first kappa shape index (κ1) is 19.7. The minimum absolute atomic E-state index is 0.229. The van der Waals surface area contributed by atoms with Crippen LogP contribution in [0.5, 0.6) is 5.75 Å². The number of hydrogen-bond donors (Lipinski definition) is 3. The third-order valence-electron chi connectivity index (χ3n) is 5.18. The Morgan fingerprint density at radius 2 is 1.86 bits per heavy atom. The molecule has 0 saturated heterocycles. The smallest absolute Gasteiger partial charge is 0.324 e. The third kappa shape index (κ3) is 4.79. The van der Waals surface area contributed by atoms with Crippen molar-refractivity contribution >= 4 is 23.5 Å². The number of anilines is 2. The van der Waals surface area contributed by atoms with E-state index < -0.39 is 12.0 Å². The molecular weight excluding hydrogens is 358 g/mol. The summed E-state index contributed by atoms with van der Waals surface area (Å²) in [6, 6.07) is 8.87. The zero-order chi connectivity index (χ0) is 20.1. The average molecular weight is 383 g/mol. The van der Waals surface area contributed by atoms with Crippen molar-refractivity contribution in [1.82, 2.24) is 4.98 Å². The van der Waals surface area contributed by atoms with Gasteiger partial charge in [0.05, 0.1) is 18.7 Å². The van der Waals surface area contributed by atoms with E-state index in [0.717, 1.165) is 24.0 Å². The quantitative estimate of drug-likeness (QED) is 0.710. The number of methoxy groups -OCH3 is 1. The van der Waals surface area contributed by atoms with Crippen LogP contribution in [0, 0.1) is 12.8 Å². The Bertz CT molecular complexity index is 843. The van der Waals surface area contributed by atoms with Crippen LogP contribution in [0.4, 0.5) is 16.3 Å². The molecule has 2 amide bonds. The Balaban J connectivity index is 1.58. The highest BCUT2D eigenvalue weighted by atomic mass is 16.5. The van der Waals surface area contributed by atoms with Gasteiger partial charge >= 0.3 is 12.0 Å². The normalized spacial score (nSPS) is 18.9. The third-order valence-corrected chi connectivity index (χ3v) is 5.18. The van der Waals surface area contributed by atoms with Gasteiger partial charge in [0.15, 0.2) is 0 Å². The number of urea groups is 1. The second kappa shape index (κ2) is 8.73. The lowest BCUT2D eigenvalue weighted by molar-refractivity contribution is -0.142. The van der Waals surface area contributed by atoms with Crippen molar-refractivity contribution in [2.75, 3.05) is 17.7 Å². The topological polar surface area (TPSA) is 101 Å². The van der Waals surface area contributed by atoms with Crippen LogP contribution in [0.2, 0.25) is 0 Å². The van der Waals surface area contributed by atoms with Gasteiger partial charge in [-0.05, 0) is 67.9 Å². The Morgan fingerprint density at radius 1 is 1.11 bits per heavy atom. The number of ether oxygens (including phenoxy) is 1. The molecular formula is C21H25N3O4. The van der Waals surface area contributed by atoms with Crippen LogP contribution in [0.25, 0.3) is 0 Å². The highest BCUT2D eigenvalue weighted by molar-refractivity contribution is 6.00. The van der Waals surface area contributed by atoms with Crippen LogP contribution in [-0.4, -0.2) is 29.2 Å². The molecule has 1 aromatic carbocycles. The summed E-state index contributed by atoms with van der Waals surface area (Å²) >= 11 is 0. The van der Waals surface area contributed by atoms with E-state index in [-0.39, 0.29) is 5.92 Å².